The van der Waals surface area contributed by atoms with Crippen molar-refractivity contribution in [2.45, 2.75) is 32.1 Å². The Labute approximate surface area is 123 Å². The van der Waals surface area contributed by atoms with Gasteiger partial charge in [-0.05, 0) is 31.5 Å². The van der Waals surface area contributed by atoms with Crippen molar-refractivity contribution in [2.24, 2.45) is 5.73 Å². The smallest absolute Gasteiger partial charge is 0.383 e. The fourth-order valence-corrected chi connectivity index (χ4v) is 2.33. The predicted molar refractivity (Wildman–Crippen MR) is 77.0 cm³/mol. The van der Waals surface area contributed by atoms with Crippen LogP contribution in [0.5, 0.6) is 0 Å². The third-order valence-corrected chi connectivity index (χ3v) is 3.46. The quantitative estimate of drug-likeness (QED) is 0.841. The number of methoxy groups -OCH3 is 1. The number of nitrogens with two attached hydrogens (primary N) is 1. The molecule has 21 heavy (non-hydrogen) atoms. The Morgan fingerprint density at radius 1 is 1.19 bits per heavy atom. The standard InChI is InChI=1S/C15H23F3N2O/c1-11(2)20(8-9-21-3)14(10-19)12-4-6-13(7-5-12)15(16,17)18/h4-7,11,14H,8-10,19H2,1-3H3. The van der Waals surface area contributed by atoms with Gasteiger partial charge in [0.05, 0.1) is 12.2 Å². The number of hydrogen-bond acceptors (Lipinski definition) is 3. The van der Waals surface area contributed by atoms with Gasteiger partial charge in [-0.1, -0.05) is 12.1 Å². The molecule has 3 nitrogen and oxygen atoms in total. The predicted octanol–water partition coefficient (Wildman–Crippen LogP) is 3.06. The number of alkyl halides is 3. The molecule has 120 valence electrons. The maximum atomic E-state index is 12.6. The summed E-state index contributed by atoms with van der Waals surface area (Å²) in [5, 5.41) is 0. The maximum absolute atomic E-state index is 12.6. The van der Waals surface area contributed by atoms with Gasteiger partial charge in [0.25, 0.3) is 0 Å². The molecular formula is C15H23F3N2O. The second-order valence-electron chi connectivity index (χ2n) is 5.20. The molecule has 0 saturated heterocycles. The van der Waals surface area contributed by atoms with Crippen molar-refractivity contribution in [3.63, 3.8) is 0 Å². The van der Waals surface area contributed by atoms with Crippen LogP contribution >= 0.6 is 0 Å². The lowest BCUT2D eigenvalue weighted by atomic mass is 10.0. The molecule has 0 aliphatic heterocycles. The molecule has 6 heteroatoms. The van der Waals surface area contributed by atoms with Crippen LogP contribution in [0.4, 0.5) is 13.2 Å². The molecule has 1 rings (SSSR count). The zero-order chi connectivity index (χ0) is 16.0. The summed E-state index contributed by atoms with van der Waals surface area (Å²) >= 11 is 0. The van der Waals surface area contributed by atoms with Crippen LogP contribution in [0.15, 0.2) is 24.3 Å². The molecule has 0 amide bonds. The normalized spacial score (nSPS) is 14.0. The summed E-state index contributed by atoms with van der Waals surface area (Å²) in [6.07, 6.45) is -4.31. The number of benzene rings is 1. The van der Waals surface area contributed by atoms with E-state index in [1.807, 2.05) is 13.8 Å². The molecule has 0 aliphatic carbocycles. The number of ether oxygens (including phenoxy) is 1. The van der Waals surface area contributed by atoms with Crippen LogP contribution in [0.2, 0.25) is 0 Å². The van der Waals surface area contributed by atoms with Gasteiger partial charge in [-0.2, -0.15) is 13.2 Å². The molecule has 1 aromatic rings. The van der Waals surface area contributed by atoms with Gasteiger partial charge in [-0.25, -0.2) is 0 Å². The SMILES string of the molecule is COCCN(C(C)C)C(CN)c1ccc(C(F)(F)F)cc1. The number of halogens is 3. The molecule has 0 aliphatic rings. The minimum Gasteiger partial charge on any atom is -0.383 e. The van der Waals surface area contributed by atoms with Gasteiger partial charge in [-0.15, -0.1) is 0 Å². The van der Waals surface area contributed by atoms with Crippen LogP contribution in [0.25, 0.3) is 0 Å². The van der Waals surface area contributed by atoms with Gasteiger partial charge in [0.15, 0.2) is 0 Å². The van der Waals surface area contributed by atoms with Crippen molar-refractivity contribution < 1.29 is 17.9 Å². The van der Waals surface area contributed by atoms with E-state index in [0.29, 0.717) is 19.7 Å². The first-order valence-corrected chi connectivity index (χ1v) is 6.93. The Balaban J connectivity index is 2.97. The lowest BCUT2D eigenvalue weighted by Gasteiger charge is -2.34. The highest BCUT2D eigenvalue weighted by Crippen LogP contribution is 2.31. The topological polar surface area (TPSA) is 38.5 Å². The van der Waals surface area contributed by atoms with E-state index in [4.69, 9.17) is 10.5 Å². The summed E-state index contributed by atoms with van der Waals surface area (Å²) in [7, 11) is 1.62. The zero-order valence-corrected chi connectivity index (χ0v) is 12.7. The van der Waals surface area contributed by atoms with Crippen molar-refractivity contribution >= 4 is 0 Å². The summed E-state index contributed by atoms with van der Waals surface area (Å²) in [6.45, 7) is 5.63. The number of rotatable bonds is 7. The lowest BCUT2D eigenvalue weighted by Crippen LogP contribution is -2.40. The molecule has 1 unspecified atom stereocenters. The second-order valence-corrected chi connectivity index (χ2v) is 5.20. The van der Waals surface area contributed by atoms with Crippen LogP contribution in [0, 0.1) is 0 Å². The average Bonchev–Trinajstić information content (AvgIpc) is 2.42. The largest absolute Gasteiger partial charge is 0.416 e. The van der Waals surface area contributed by atoms with Crippen LogP contribution in [-0.4, -0.2) is 37.7 Å². The van der Waals surface area contributed by atoms with Crippen LogP contribution in [0.1, 0.15) is 31.0 Å². The first-order chi connectivity index (χ1) is 9.81. The van der Waals surface area contributed by atoms with Crippen molar-refractivity contribution in [2.75, 3.05) is 26.8 Å². The first-order valence-electron chi connectivity index (χ1n) is 6.93. The van der Waals surface area contributed by atoms with Crippen LogP contribution in [-0.2, 0) is 10.9 Å². The lowest BCUT2D eigenvalue weighted by molar-refractivity contribution is -0.137. The summed E-state index contributed by atoms with van der Waals surface area (Å²) < 4.78 is 42.9. The molecular weight excluding hydrogens is 281 g/mol. The van der Waals surface area contributed by atoms with Crippen molar-refractivity contribution in [1.82, 2.24) is 4.90 Å². The van der Waals surface area contributed by atoms with E-state index in [1.165, 1.54) is 12.1 Å². The minimum atomic E-state index is -4.31. The number of hydrogen-bond donors (Lipinski definition) is 1. The van der Waals surface area contributed by atoms with Crippen molar-refractivity contribution in [3.05, 3.63) is 35.4 Å². The molecule has 1 atom stereocenters. The second kappa shape index (κ2) is 7.77. The highest BCUT2D eigenvalue weighted by molar-refractivity contribution is 5.27. The van der Waals surface area contributed by atoms with Gasteiger partial charge in [0.1, 0.15) is 0 Å². The fourth-order valence-electron chi connectivity index (χ4n) is 2.33. The molecule has 0 radical (unpaired) electrons. The highest BCUT2D eigenvalue weighted by atomic mass is 19.4. The highest BCUT2D eigenvalue weighted by Gasteiger charge is 2.30. The number of nitrogens with zero attached hydrogens (tertiary/aromatic N) is 1. The van der Waals surface area contributed by atoms with Gasteiger partial charge >= 0.3 is 6.18 Å². The molecule has 1 aromatic carbocycles. The first kappa shape index (κ1) is 17.9. The van der Waals surface area contributed by atoms with Crippen LogP contribution < -0.4 is 5.73 Å². The third kappa shape index (κ3) is 4.98. The van der Waals surface area contributed by atoms with E-state index >= 15 is 0 Å². The summed E-state index contributed by atoms with van der Waals surface area (Å²) in [4.78, 5) is 2.13. The summed E-state index contributed by atoms with van der Waals surface area (Å²) in [5.74, 6) is 0. The van der Waals surface area contributed by atoms with E-state index in [0.717, 1.165) is 17.7 Å². The molecule has 0 spiro atoms. The van der Waals surface area contributed by atoms with E-state index in [2.05, 4.69) is 4.90 Å². The van der Waals surface area contributed by atoms with Gasteiger partial charge in [0.2, 0.25) is 0 Å². The molecule has 0 aromatic heterocycles. The fraction of sp³-hybridized carbons (Fsp3) is 0.600. The van der Waals surface area contributed by atoms with E-state index in [1.54, 1.807) is 7.11 Å². The Bertz CT molecular complexity index is 418. The van der Waals surface area contributed by atoms with Gasteiger partial charge < -0.3 is 10.5 Å². The molecule has 2 N–H and O–H groups in total. The molecule has 0 heterocycles. The Morgan fingerprint density at radius 3 is 2.14 bits per heavy atom. The molecule has 0 bridgehead atoms. The Hall–Kier alpha value is -1.11. The molecule has 0 fully saturated rings. The molecule has 0 saturated carbocycles. The van der Waals surface area contributed by atoms with E-state index in [-0.39, 0.29) is 12.1 Å². The van der Waals surface area contributed by atoms with Crippen molar-refractivity contribution in [3.8, 4) is 0 Å². The summed E-state index contributed by atoms with van der Waals surface area (Å²) in [6, 6.07) is 5.31. The monoisotopic (exact) mass is 304 g/mol. The zero-order valence-electron chi connectivity index (χ0n) is 12.7. The Morgan fingerprint density at radius 2 is 1.76 bits per heavy atom. The Kier molecular flexibility index (Phi) is 6.64. The van der Waals surface area contributed by atoms with Gasteiger partial charge in [-0.3, -0.25) is 4.90 Å². The van der Waals surface area contributed by atoms with E-state index in [9.17, 15) is 13.2 Å². The maximum Gasteiger partial charge on any atom is 0.416 e. The van der Waals surface area contributed by atoms with Crippen LogP contribution in [0.3, 0.4) is 0 Å². The summed E-state index contributed by atoms with van der Waals surface area (Å²) in [5.41, 5.74) is 5.98. The minimum absolute atomic E-state index is 0.123. The third-order valence-electron chi connectivity index (χ3n) is 3.46. The van der Waals surface area contributed by atoms with E-state index < -0.39 is 11.7 Å². The van der Waals surface area contributed by atoms with Gasteiger partial charge in [0, 0.05) is 32.3 Å². The average molecular weight is 304 g/mol. The van der Waals surface area contributed by atoms with Crippen molar-refractivity contribution in [1.29, 1.82) is 0 Å².